The number of nitrogens with two attached hydrogens (primary N) is 1. The van der Waals surface area contributed by atoms with E-state index in [1.807, 2.05) is 0 Å². The summed E-state index contributed by atoms with van der Waals surface area (Å²) in [6, 6.07) is 0. The molecule has 1 aliphatic heterocycles. The first-order valence-electron chi connectivity index (χ1n) is 6.87. The van der Waals surface area contributed by atoms with E-state index in [1.165, 1.54) is 24.0 Å². The third-order valence-corrected chi connectivity index (χ3v) is 4.05. The van der Waals surface area contributed by atoms with Crippen molar-refractivity contribution in [3.63, 3.8) is 0 Å². The van der Waals surface area contributed by atoms with E-state index in [9.17, 15) is 15.3 Å². The number of oxime groups is 1. The minimum atomic E-state index is -1.67. The summed E-state index contributed by atoms with van der Waals surface area (Å²) in [5.41, 5.74) is 4.93. The molecule has 4 atom stereocenters. The van der Waals surface area contributed by atoms with Crippen molar-refractivity contribution in [2.45, 2.75) is 31.0 Å². The quantitative estimate of drug-likeness (QED) is 0.268. The summed E-state index contributed by atoms with van der Waals surface area (Å²) in [5.74, 6) is 0.167. The minimum Gasteiger partial charge on any atom is -0.411 e. The number of fused-ring (bicyclic) bond motifs is 1. The molecular formula is C13H17N5O5. The molecule has 0 saturated carbocycles. The molecule has 0 radical (unpaired) electrons. The topological polar surface area (TPSA) is 159 Å². The van der Waals surface area contributed by atoms with Crippen molar-refractivity contribution in [3.8, 4) is 0 Å². The summed E-state index contributed by atoms with van der Waals surface area (Å²) >= 11 is 0. The molecule has 2 aromatic rings. The lowest BCUT2D eigenvalue weighted by Crippen LogP contribution is -2.44. The zero-order valence-corrected chi connectivity index (χ0v) is 12.2. The maximum Gasteiger partial charge on any atom is 0.167 e. The molecule has 1 saturated heterocycles. The molecule has 1 aliphatic rings. The van der Waals surface area contributed by atoms with Crippen molar-refractivity contribution >= 4 is 23.1 Å². The summed E-state index contributed by atoms with van der Waals surface area (Å²) in [7, 11) is 0. The van der Waals surface area contributed by atoms with Crippen LogP contribution in [0.4, 0.5) is 5.82 Å². The molecular weight excluding hydrogens is 306 g/mol. The highest BCUT2D eigenvalue weighted by Crippen LogP contribution is 2.40. The minimum absolute atomic E-state index is 0.167. The zero-order valence-electron chi connectivity index (χ0n) is 12.2. The predicted octanol–water partition coefficient (Wildman–Crippen LogP) is -1.18. The second kappa shape index (κ2) is 5.42. The lowest BCUT2D eigenvalue weighted by atomic mass is 9.96. The second-order valence-corrected chi connectivity index (χ2v) is 5.57. The molecule has 2 aromatic heterocycles. The van der Waals surface area contributed by atoms with Gasteiger partial charge in [-0.1, -0.05) is 5.16 Å². The van der Waals surface area contributed by atoms with Gasteiger partial charge in [0.25, 0.3) is 0 Å². The van der Waals surface area contributed by atoms with Gasteiger partial charge < -0.3 is 35.6 Å². The van der Waals surface area contributed by atoms with Crippen LogP contribution in [0.1, 0.15) is 18.7 Å². The number of nitrogen functional groups attached to an aromatic ring is 1. The Morgan fingerprint density at radius 2 is 2.26 bits per heavy atom. The number of ether oxygens (including phenoxy) is 1. The summed E-state index contributed by atoms with van der Waals surface area (Å²) in [5, 5.41) is 42.2. The molecule has 0 aromatic carbocycles. The van der Waals surface area contributed by atoms with E-state index in [0.29, 0.717) is 16.6 Å². The van der Waals surface area contributed by atoms with Crippen molar-refractivity contribution in [1.82, 2.24) is 14.5 Å². The average molecular weight is 323 g/mol. The molecule has 0 aliphatic carbocycles. The number of anilines is 1. The van der Waals surface area contributed by atoms with Crippen LogP contribution in [0, 0.1) is 0 Å². The largest absolute Gasteiger partial charge is 0.411 e. The van der Waals surface area contributed by atoms with E-state index in [4.69, 9.17) is 15.7 Å². The Kier molecular flexibility index (Phi) is 3.68. The van der Waals surface area contributed by atoms with Crippen LogP contribution in [0.3, 0.4) is 0 Å². The predicted molar refractivity (Wildman–Crippen MR) is 78.9 cm³/mol. The molecule has 124 valence electrons. The number of nitrogens with zero attached hydrogens (tertiary/aromatic N) is 4. The molecule has 0 bridgehead atoms. The number of aliphatic hydroxyl groups is 3. The normalized spacial score (nSPS) is 31.4. The van der Waals surface area contributed by atoms with Crippen LogP contribution in [-0.4, -0.2) is 65.7 Å². The Morgan fingerprint density at radius 3 is 2.87 bits per heavy atom. The van der Waals surface area contributed by atoms with Crippen molar-refractivity contribution in [2.24, 2.45) is 5.16 Å². The molecule has 3 rings (SSSR count). The van der Waals surface area contributed by atoms with Crippen LogP contribution >= 0.6 is 0 Å². The third-order valence-electron chi connectivity index (χ3n) is 4.05. The molecule has 6 N–H and O–H groups in total. The van der Waals surface area contributed by atoms with Gasteiger partial charge in [0.2, 0.25) is 0 Å². The highest BCUT2D eigenvalue weighted by molar-refractivity contribution is 6.02. The molecule has 23 heavy (non-hydrogen) atoms. The maximum absolute atomic E-state index is 10.6. The fourth-order valence-electron chi connectivity index (χ4n) is 2.87. The molecule has 0 spiro atoms. The SMILES string of the molecule is C[C@@]1(O)C(n2cc(/C=N/O)c3c(N)ncnc32)OC(CO)[C@H]1O. The van der Waals surface area contributed by atoms with Crippen LogP contribution in [0.15, 0.2) is 17.7 Å². The van der Waals surface area contributed by atoms with E-state index in [1.54, 1.807) is 0 Å². The van der Waals surface area contributed by atoms with E-state index in [2.05, 4.69) is 15.1 Å². The van der Waals surface area contributed by atoms with Crippen molar-refractivity contribution in [1.29, 1.82) is 0 Å². The lowest BCUT2D eigenvalue weighted by Gasteiger charge is -2.27. The number of hydrogen-bond donors (Lipinski definition) is 5. The van der Waals surface area contributed by atoms with Gasteiger partial charge in [-0.25, -0.2) is 9.97 Å². The monoisotopic (exact) mass is 323 g/mol. The Labute approximate surface area is 130 Å². The van der Waals surface area contributed by atoms with Crippen molar-refractivity contribution in [2.75, 3.05) is 12.3 Å². The van der Waals surface area contributed by atoms with Gasteiger partial charge in [0.15, 0.2) is 6.23 Å². The van der Waals surface area contributed by atoms with Gasteiger partial charge in [0, 0.05) is 11.8 Å². The summed E-state index contributed by atoms with van der Waals surface area (Å²) < 4.78 is 7.03. The molecule has 0 amide bonds. The maximum atomic E-state index is 10.6. The van der Waals surface area contributed by atoms with E-state index in [-0.39, 0.29) is 5.82 Å². The second-order valence-electron chi connectivity index (χ2n) is 5.57. The summed E-state index contributed by atoms with van der Waals surface area (Å²) in [6.07, 6.45) is 0.666. The number of aliphatic hydroxyl groups excluding tert-OH is 2. The number of aromatic nitrogens is 3. The molecule has 1 fully saturated rings. The van der Waals surface area contributed by atoms with Gasteiger partial charge in [-0.05, 0) is 6.92 Å². The van der Waals surface area contributed by atoms with Gasteiger partial charge >= 0.3 is 0 Å². The van der Waals surface area contributed by atoms with Crippen molar-refractivity contribution in [3.05, 3.63) is 18.1 Å². The van der Waals surface area contributed by atoms with Crippen LogP contribution in [-0.2, 0) is 4.74 Å². The van der Waals surface area contributed by atoms with E-state index in [0.717, 1.165) is 6.21 Å². The highest BCUT2D eigenvalue weighted by atomic mass is 16.6. The number of hydrogen-bond acceptors (Lipinski definition) is 9. The van der Waals surface area contributed by atoms with Crippen LogP contribution in [0.2, 0.25) is 0 Å². The van der Waals surface area contributed by atoms with Gasteiger partial charge in [-0.15, -0.1) is 0 Å². The zero-order chi connectivity index (χ0) is 16.8. The van der Waals surface area contributed by atoms with Crippen LogP contribution < -0.4 is 5.73 Å². The van der Waals surface area contributed by atoms with Gasteiger partial charge in [-0.3, -0.25) is 0 Å². The Hall–Kier alpha value is -2.27. The number of rotatable bonds is 3. The van der Waals surface area contributed by atoms with E-state index >= 15 is 0 Å². The lowest BCUT2D eigenvalue weighted by molar-refractivity contribution is -0.0948. The van der Waals surface area contributed by atoms with Gasteiger partial charge in [-0.2, -0.15) is 0 Å². The van der Waals surface area contributed by atoms with Crippen LogP contribution in [0.25, 0.3) is 11.0 Å². The fraction of sp³-hybridized carbons (Fsp3) is 0.462. The first kappa shape index (κ1) is 15.6. The summed E-state index contributed by atoms with van der Waals surface area (Å²) in [6.45, 7) is 0.948. The van der Waals surface area contributed by atoms with E-state index < -0.39 is 30.6 Å². The molecule has 10 nitrogen and oxygen atoms in total. The standard InChI is InChI=1S/C13H17N5O5/c1-13(21)9(20)7(4-19)23-12(13)18-3-6(2-17-22)8-10(14)15-5-16-11(8)18/h2-3,5,7,9,12,19-22H,4H2,1H3,(H2,14,15,16)/b17-2+/t7?,9-,12?,13+/m1/s1. The smallest absolute Gasteiger partial charge is 0.167 e. The van der Waals surface area contributed by atoms with Crippen molar-refractivity contribution < 1.29 is 25.3 Å². The average Bonchev–Trinajstić information content (AvgIpc) is 2.97. The summed E-state index contributed by atoms with van der Waals surface area (Å²) in [4.78, 5) is 8.01. The fourth-order valence-corrected chi connectivity index (χ4v) is 2.87. The molecule has 3 heterocycles. The highest BCUT2D eigenvalue weighted by Gasteiger charge is 2.53. The first-order chi connectivity index (χ1) is 10.9. The molecule has 10 heteroatoms. The van der Waals surface area contributed by atoms with Gasteiger partial charge in [0.05, 0.1) is 18.2 Å². The third kappa shape index (κ3) is 2.23. The van der Waals surface area contributed by atoms with Gasteiger partial charge in [0.1, 0.15) is 35.6 Å². The van der Waals surface area contributed by atoms with Crippen LogP contribution in [0.5, 0.6) is 0 Å². The Morgan fingerprint density at radius 1 is 1.52 bits per heavy atom. The Bertz CT molecular complexity index is 759. The Balaban J connectivity index is 2.19. The molecule has 2 unspecified atom stereocenters. The first-order valence-corrected chi connectivity index (χ1v) is 6.87.